The average molecular weight is 273 g/mol. The minimum atomic E-state index is 0.525. The van der Waals surface area contributed by atoms with Crippen molar-refractivity contribution in [2.24, 2.45) is 0 Å². The van der Waals surface area contributed by atoms with Crippen molar-refractivity contribution in [3.63, 3.8) is 0 Å². The van der Waals surface area contributed by atoms with Crippen LogP contribution in [0.3, 0.4) is 0 Å². The summed E-state index contributed by atoms with van der Waals surface area (Å²) in [5.41, 5.74) is 3.42. The standard InChI is InChI=1S/C16H17ClN2/c1-2-3-11-4-6-12(7-5-11)14-10-15(17)19-16(18-14)13-8-9-13/h4-7,10,13H,2-3,8-9H2,1H3. The zero-order valence-corrected chi connectivity index (χ0v) is 11.8. The molecular weight excluding hydrogens is 256 g/mol. The molecule has 19 heavy (non-hydrogen) atoms. The van der Waals surface area contributed by atoms with Gasteiger partial charge in [-0.1, -0.05) is 49.2 Å². The van der Waals surface area contributed by atoms with Gasteiger partial charge in [0, 0.05) is 17.5 Å². The van der Waals surface area contributed by atoms with Crippen LogP contribution in [0.25, 0.3) is 11.3 Å². The van der Waals surface area contributed by atoms with Gasteiger partial charge in [0.1, 0.15) is 11.0 Å². The van der Waals surface area contributed by atoms with Gasteiger partial charge in [-0.25, -0.2) is 9.97 Å². The van der Waals surface area contributed by atoms with Crippen LogP contribution in [0, 0.1) is 0 Å². The third-order valence-corrected chi connectivity index (χ3v) is 3.64. The van der Waals surface area contributed by atoms with Crippen LogP contribution in [0.4, 0.5) is 0 Å². The Hall–Kier alpha value is -1.41. The molecule has 0 radical (unpaired) electrons. The second-order valence-electron chi connectivity index (χ2n) is 5.16. The van der Waals surface area contributed by atoms with E-state index in [0.29, 0.717) is 11.1 Å². The summed E-state index contributed by atoms with van der Waals surface area (Å²) in [5, 5.41) is 0.546. The van der Waals surface area contributed by atoms with E-state index in [4.69, 9.17) is 11.6 Å². The van der Waals surface area contributed by atoms with E-state index in [1.54, 1.807) is 0 Å². The number of hydrogen-bond acceptors (Lipinski definition) is 2. The molecule has 0 saturated heterocycles. The van der Waals surface area contributed by atoms with E-state index in [-0.39, 0.29) is 0 Å². The Morgan fingerprint density at radius 3 is 2.53 bits per heavy atom. The Balaban J connectivity index is 1.92. The normalized spacial score (nSPS) is 14.6. The minimum absolute atomic E-state index is 0.525. The maximum Gasteiger partial charge on any atom is 0.133 e. The SMILES string of the molecule is CCCc1ccc(-c2cc(Cl)nc(C3CC3)n2)cc1. The molecule has 0 atom stereocenters. The minimum Gasteiger partial charge on any atom is -0.232 e. The molecule has 2 aromatic rings. The van der Waals surface area contributed by atoms with Crippen LogP contribution in [0.5, 0.6) is 0 Å². The molecule has 3 rings (SSSR count). The molecule has 1 aliphatic rings. The molecule has 0 unspecified atom stereocenters. The van der Waals surface area contributed by atoms with E-state index in [0.717, 1.165) is 23.5 Å². The molecule has 0 N–H and O–H groups in total. The van der Waals surface area contributed by atoms with E-state index >= 15 is 0 Å². The highest BCUT2D eigenvalue weighted by Gasteiger charge is 2.27. The third kappa shape index (κ3) is 2.95. The Bertz CT molecular complexity index is 574. The first kappa shape index (κ1) is 12.6. The number of benzene rings is 1. The number of aromatic nitrogens is 2. The van der Waals surface area contributed by atoms with Crippen molar-refractivity contribution in [1.29, 1.82) is 0 Å². The van der Waals surface area contributed by atoms with E-state index in [1.807, 2.05) is 6.07 Å². The van der Waals surface area contributed by atoms with Crippen molar-refractivity contribution in [2.75, 3.05) is 0 Å². The van der Waals surface area contributed by atoms with Gasteiger partial charge in [0.25, 0.3) is 0 Å². The quantitative estimate of drug-likeness (QED) is 0.759. The second-order valence-corrected chi connectivity index (χ2v) is 5.54. The molecule has 0 aliphatic heterocycles. The van der Waals surface area contributed by atoms with Crippen LogP contribution in [0.15, 0.2) is 30.3 Å². The number of aryl methyl sites for hydroxylation is 1. The van der Waals surface area contributed by atoms with Crippen molar-refractivity contribution in [3.8, 4) is 11.3 Å². The Labute approximate surface area is 118 Å². The summed E-state index contributed by atoms with van der Waals surface area (Å²) in [6, 6.07) is 10.4. The fraction of sp³-hybridized carbons (Fsp3) is 0.375. The van der Waals surface area contributed by atoms with E-state index in [9.17, 15) is 0 Å². The van der Waals surface area contributed by atoms with E-state index in [1.165, 1.54) is 24.8 Å². The van der Waals surface area contributed by atoms with Crippen molar-refractivity contribution >= 4 is 11.6 Å². The fourth-order valence-corrected chi connectivity index (χ4v) is 2.43. The van der Waals surface area contributed by atoms with Gasteiger partial charge >= 0.3 is 0 Å². The highest BCUT2D eigenvalue weighted by molar-refractivity contribution is 6.29. The van der Waals surface area contributed by atoms with Gasteiger partial charge in [-0.15, -0.1) is 0 Å². The van der Waals surface area contributed by atoms with Gasteiger partial charge in [-0.3, -0.25) is 0 Å². The van der Waals surface area contributed by atoms with Gasteiger partial charge < -0.3 is 0 Å². The van der Waals surface area contributed by atoms with E-state index in [2.05, 4.69) is 41.2 Å². The van der Waals surface area contributed by atoms with Crippen LogP contribution in [0.2, 0.25) is 5.15 Å². The molecule has 3 heteroatoms. The monoisotopic (exact) mass is 272 g/mol. The van der Waals surface area contributed by atoms with Crippen molar-refractivity contribution in [3.05, 3.63) is 46.9 Å². The maximum atomic E-state index is 6.10. The van der Waals surface area contributed by atoms with Crippen LogP contribution in [-0.2, 0) is 6.42 Å². The smallest absolute Gasteiger partial charge is 0.133 e. The number of nitrogens with zero attached hydrogens (tertiary/aromatic N) is 2. The van der Waals surface area contributed by atoms with Crippen molar-refractivity contribution in [1.82, 2.24) is 9.97 Å². The Morgan fingerprint density at radius 1 is 1.16 bits per heavy atom. The molecule has 1 fully saturated rings. The lowest BCUT2D eigenvalue weighted by atomic mass is 10.1. The molecule has 1 aliphatic carbocycles. The summed E-state index contributed by atoms with van der Waals surface area (Å²) in [4.78, 5) is 8.97. The summed E-state index contributed by atoms with van der Waals surface area (Å²) in [6.45, 7) is 2.19. The first-order valence-electron chi connectivity index (χ1n) is 6.90. The predicted molar refractivity (Wildman–Crippen MR) is 78.4 cm³/mol. The van der Waals surface area contributed by atoms with Crippen molar-refractivity contribution in [2.45, 2.75) is 38.5 Å². The predicted octanol–water partition coefficient (Wildman–Crippen LogP) is 4.63. The van der Waals surface area contributed by atoms with Crippen molar-refractivity contribution < 1.29 is 0 Å². The average Bonchev–Trinajstić information content (AvgIpc) is 3.23. The molecular formula is C16H17ClN2. The van der Waals surface area contributed by atoms with Crippen LogP contribution >= 0.6 is 11.6 Å². The summed E-state index contributed by atoms with van der Waals surface area (Å²) < 4.78 is 0. The molecule has 1 saturated carbocycles. The van der Waals surface area contributed by atoms with E-state index < -0.39 is 0 Å². The lowest BCUT2D eigenvalue weighted by molar-refractivity contribution is 0.920. The number of hydrogen-bond donors (Lipinski definition) is 0. The summed E-state index contributed by atoms with van der Waals surface area (Å²) in [5.74, 6) is 1.43. The van der Waals surface area contributed by atoms with Gasteiger partial charge in [-0.05, 0) is 24.8 Å². The zero-order chi connectivity index (χ0) is 13.2. The fourth-order valence-electron chi connectivity index (χ4n) is 2.24. The largest absolute Gasteiger partial charge is 0.232 e. The second kappa shape index (κ2) is 5.30. The molecule has 0 spiro atoms. The molecule has 2 nitrogen and oxygen atoms in total. The zero-order valence-electron chi connectivity index (χ0n) is 11.1. The van der Waals surface area contributed by atoms with Gasteiger partial charge in [-0.2, -0.15) is 0 Å². The Morgan fingerprint density at radius 2 is 1.89 bits per heavy atom. The lowest BCUT2D eigenvalue weighted by Crippen LogP contribution is -1.95. The number of rotatable bonds is 4. The summed E-state index contributed by atoms with van der Waals surface area (Å²) >= 11 is 6.10. The first-order chi connectivity index (χ1) is 9.26. The van der Waals surface area contributed by atoms with Gasteiger partial charge in [0.05, 0.1) is 5.69 Å². The highest BCUT2D eigenvalue weighted by Crippen LogP contribution is 2.39. The van der Waals surface area contributed by atoms with Gasteiger partial charge in [0.2, 0.25) is 0 Å². The molecule has 0 bridgehead atoms. The van der Waals surface area contributed by atoms with Crippen LogP contribution < -0.4 is 0 Å². The first-order valence-corrected chi connectivity index (χ1v) is 7.28. The summed E-state index contributed by atoms with van der Waals surface area (Å²) in [6.07, 6.45) is 4.67. The topological polar surface area (TPSA) is 25.8 Å². The molecule has 1 aromatic heterocycles. The molecule has 98 valence electrons. The molecule has 1 heterocycles. The van der Waals surface area contributed by atoms with Crippen LogP contribution in [0.1, 0.15) is 43.5 Å². The van der Waals surface area contributed by atoms with Gasteiger partial charge in [0.15, 0.2) is 0 Å². The maximum absolute atomic E-state index is 6.10. The third-order valence-electron chi connectivity index (χ3n) is 3.44. The molecule has 1 aromatic carbocycles. The molecule has 0 amide bonds. The van der Waals surface area contributed by atoms with Crippen LogP contribution in [-0.4, -0.2) is 9.97 Å². The highest BCUT2D eigenvalue weighted by atomic mass is 35.5. The summed E-state index contributed by atoms with van der Waals surface area (Å²) in [7, 11) is 0. The lowest BCUT2D eigenvalue weighted by Gasteiger charge is -2.06. The Kier molecular flexibility index (Phi) is 3.52. The number of halogens is 1.